The van der Waals surface area contributed by atoms with Crippen molar-refractivity contribution >= 4 is 0 Å². The van der Waals surface area contributed by atoms with Crippen LogP contribution in [0.4, 0.5) is 0 Å². The summed E-state index contributed by atoms with van der Waals surface area (Å²) < 4.78 is 5.77. The number of rotatable bonds is 7. The predicted octanol–water partition coefficient (Wildman–Crippen LogP) is 3.90. The quantitative estimate of drug-likeness (QED) is 0.827. The Balaban J connectivity index is 2.19. The molecule has 3 heteroatoms. The van der Waals surface area contributed by atoms with Gasteiger partial charge in [0.25, 0.3) is 0 Å². The SMILES string of the molecule is CCOc1ccc(C(C)O)cc1CN(CC)C1CCCC1. The van der Waals surface area contributed by atoms with Crippen molar-refractivity contribution in [2.24, 2.45) is 0 Å². The van der Waals surface area contributed by atoms with Crippen molar-refractivity contribution in [2.45, 2.75) is 65.1 Å². The molecule has 0 radical (unpaired) electrons. The van der Waals surface area contributed by atoms with Gasteiger partial charge in [0.2, 0.25) is 0 Å². The Labute approximate surface area is 128 Å². The Morgan fingerprint density at radius 2 is 2.00 bits per heavy atom. The Morgan fingerprint density at radius 1 is 1.29 bits per heavy atom. The minimum Gasteiger partial charge on any atom is -0.494 e. The van der Waals surface area contributed by atoms with Gasteiger partial charge in [-0.3, -0.25) is 4.90 Å². The number of hydrogen-bond donors (Lipinski definition) is 1. The van der Waals surface area contributed by atoms with Gasteiger partial charge in [-0.25, -0.2) is 0 Å². The highest BCUT2D eigenvalue weighted by Crippen LogP contribution is 2.29. The van der Waals surface area contributed by atoms with Crippen LogP contribution in [0.3, 0.4) is 0 Å². The third kappa shape index (κ3) is 4.21. The largest absolute Gasteiger partial charge is 0.494 e. The minimum absolute atomic E-state index is 0.430. The number of benzene rings is 1. The first kappa shape index (κ1) is 16.3. The van der Waals surface area contributed by atoms with Gasteiger partial charge in [0.1, 0.15) is 5.75 Å². The maximum Gasteiger partial charge on any atom is 0.123 e. The third-order valence-corrected chi connectivity index (χ3v) is 4.49. The second-order valence-corrected chi connectivity index (χ2v) is 5.98. The van der Waals surface area contributed by atoms with Crippen LogP contribution in [-0.2, 0) is 6.54 Å². The van der Waals surface area contributed by atoms with Crippen LogP contribution in [-0.4, -0.2) is 29.2 Å². The summed E-state index contributed by atoms with van der Waals surface area (Å²) in [5, 5.41) is 9.82. The molecule has 3 nitrogen and oxygen atoms in total. The summed E-state index contributed by atoms with van der Waals surface area (Å²) in [4.78, 5) is 2.55. The van der Waals surface area contributed by atoms with Crippen LogP contribution >= 0.6 is 0 Å². The molecule has 0 spiro atoms. The molecule has 118 valence electrons. The van der Waals surface area contributed by atoms with Crippen molar-refractivity contribution in [3.05, 3.63) is 29.3 Å². The number of ether oxygens (including phenoxy) is 1. The van der Waals surface area contributed by atoms with E-state index in [4.69, 9.17) is 4.74 Å². The van der Waals surface area contributed by atoms with E-state index < -0.39 is 6.10 Å². The highest BCUT2D eigenvalue weighted by molar-refractivity contribution is 5.38. The first-order valence-electron chi connectivity index (χ1n) is 8.33. The molecule has 0 aliphatic heterocycles. The van der Waals surface area contributed by atoms with E-state index in [0.717, 1.165) is 24.4 Å². The summed E-state index contributed by atoms with van der Waals surface area (Å²) in [5.74, 6) is 0.957. The standard InChI is InChI=1S/C18H29NO2/c1-4-19(17-8-6-7-9-17)13-16-12-15(14(3)20)10-11-18(16)21-5-2/h10-12,14,17,20H,4-9,13H2,1-3H3. The first-order chi connectivity index (χ1) is 10.2. The molecule has 2 rings (SSSR count). The van der Waals surface area contributed by atoms with Crippen LogP contribution < -0.4 is 4.74 Å². The van der Waals surface area contributed by atoms with E-state index in [0.29, 0.717) is 12.6 Å². The van der Waals surface area contributed by atoms with Gasteiger partial charge in [0.15, 0.2) is 0 Å². The van der Waals surface area contributed by atoms with Crippen LogP contribution in [0.25, 0.3) is 0 Å². The molecular formula is C18H29NO2. The molecule has 0 amide bonds. The average molecular weight is 291 g/mol. The van der Waals surface area contributed by atoms with Crippen molar-refractivity contribution in [1.29, 1.82) is 0 Å². The zero-order valence-electron chi connectivity index (χ0n) is 13.6. The monoisotopic (exact) mass is 291 g/mol. The lowest BCUT2D eigenvalue weighted by molar-refractivity contribution is 0.192. The summed E-state index contributed by atoms with van der Waals surface area (Å²) in [6, 6.07) is 6.78. The Kier molecular flexibility index (Phi) is 6.07. The molecule has 1 saturated carbocycles. The fraction of sp³-hybridized carbons (Fsp3) is 0.667. The second-order valence-electron chi connectivity index (χ2n) is 5.98. The predicted molar refractivity (Wildman–Crippen MR) is 86.6 cm³/mol. The van der Waals surface area contributed by atoms with E-state index in [1.165, 1.54) is 31.2 Å². The lowest BCUT2D eigenvalue weighted by Crippen LogP contribution is -2.32. The van der Waals surface area contributed by atoms with E-state index >= 15 is 0 Å². The highest BCUT2D eigenvalue weighted by Gasteiger charge is 2.22. The minimum atomic E-state index is -0.430. The molecular weight excluding hydrogens is 262 g/mol. The van der Waals surface area contributed by atoms with Gasteiger partial charge in [-0.05, 0) is 50.9 Å². The van der Waals surface area contributed by atoms with Crippen molar-refractivity contribution in [3.8, 4) is 5.75 Å². The topological polar surface area (TPSA) is 32.7 Å². The molecule has 21 heavy (non-hydrogen) atoms. The van der Waals surface area contributed by atoms with Crippen molar-refractivity contribution in [1.82, 2.24) is 4.90 Å². The second kappa shape index (κ2) is 7.81. The number of aliphatic hydroxyl groups is 1. The molecule has 1 fully saturated rings. The molecule has 0 aromatic heterocycles. The molecule has 1 aliphatic carbocycles. The van der Waals surface area contributed by atoms with Crippen molar-refractivity contribution in [3.63, 3.8) is 0 Å². The van der Waals surface area contributed by atoms with Crippen LogP contribution in [0.5, 0.6) is 5.75 Å². The molecule has 1 aromatic carbocycles. The van der Waals surface area contributed by atoms with Crippen LogP contribution in [0.2, 0.25) is 0 Å². The molecule has 1 unspecified atom stereocenters. The summed E-state index contributed by atoms with van der Waals surface area (Å²) in [5.41, 5.74) is 2.17. The number of hydrogen-bond acceptors (Lipinski definition) is 3. The van der Waals surface area contributed by atoms with Gasteiger partial charge in [-0.1, -0.05) is 25.8 Å². The summed E-state index contributed by atoms with van der Waals surface area (Å²) in [6.07, 6.45) is 4.91. The molecule has 0 bridgehead atoms. The Morgan fingerprint density at radius 3 is 2.57 bits per heavy atom. The fourth-order valence-corrected chi connectivity index (χ4v) is 3.27. The van der Waals surface area contributed by atoms with Crippen LogP contribution in [0, 0.1) is 0 Å². The molecule has 0 heterocycles. The zero-order valence-corrected chi connectivity index (χ0v) is 13.6. The maximum absolute atomic E-state index is 9.82. The van der Waals surface area contributed by atoms with E-state index in [9.17, 15) is 5.11 Å². The van der Waals surface area contributed by atoms with Gasteiger partial charge in [0.05, 0.1) is 12.7 Å². The molecule has 1 N–H and O–H groups in total. The van der Waals surface area contributed by atoms with Gasteiger partial charge in [0, 0.05) is 18.2 Å². The molecule has 1 aliphatic rings. The Bertz CT molecular complexity index is 439. The summed E-state index contributed by atoms with van der Waals surface area (Å²) in [7, 11) is 0. The summed E-state index contributed by atoms with van der Waals surface area (Å²) in [6.45, 7) is 8.72. The molecule has 0 saturated heterocycles. The van der Waals surface area contributed by atoms with Crippen LogP contribution in [0.15, 0.2) is 18.2 Å². The highest BCUT2D eigenvalue weighted by atomic mass is 16.5. The van der Waals surface area contributed by atoms with Crippen molar-refractivity contribution < 1.29 is 9.84 Å². The smallest absolute Gasteiger partial charge is 0.123 e. The van der Waals surface area contributed by atoms with E-state index in [1.807, 2.05) is 26.0 Å². The number of nitrogens with zero attached hydrogens (tertiary/aromatic N) is 1. The third-order valence-electron chi connectivity index (χ3n) is 4.49. The van der Waals surface area contributed by atoms with Gasteiger partial charge < -0.3 is 9.84 Å². The van der Waals surface area contributed by atoms with Gasteiger partial charge in [-0.2, -0.15) is 0 Å². The Hall–Kier alpha value is -1.06. The van der Waals surface area contributed by atoms with Crippen molar-refractivity contribution in [2.75, 3.05) is 13.2 Å². The van der Waals surface area contributed by atoms with E-state index in [1.54, 1.807) is 0 Å². The zero-order chi connectivity index (χ0) is 15.2. The van der Waals surface area contributed by atoms with Gasteiger partial charge >= 0.3 is 0 Å². The fourth-order valence-electron chi connectivity index (χ4n) is 3.27. The normalized spacial score (nSPS) is 17.4. The van der Waals surface area contributed by atoms with E-state index in [-0.39, 0.29) is 0 Å². The first-order valence-corrected chi connectivity index (χ1v) is 8.33. The van der Waals surface area contributed by atoms with E-state index in [2.05, 4.69) is 17.9 Å². The molecule has 1 aromatic rings. The van der Waals surface area contributed by atoms with Gasteiger partial charge in [-0.15, -0.1) is 0 Å². The van der Waals surface area contributed by atoms with Crippen LogP contribution in [0.1, 0.15) is 63.7 Å². The summed E-state index contributed by atoms with van der Waals surface area (Å²) >= 11 is 0. The lowest BCUT2D eigenvalue weighted by Gasteiger charge is -2.28. The molecule has 1 atom stereocenters. The average Bonchev–Trinajstić information content (AvgIpc) is 3.00. The number of aliphatic hydroxyl groups excluding tert-OH is 1. The lowest BCUT2D eigenvalue weighted by atomic mass is 10.0. The maximum atomic E-state index is 9.82.